The third-order valence-electron chi connectivity index (χ3n) is 5.11. The van der Waals surface area contributed by atoms with Crippen LogP contribution in [0.25, 0.3) is 11.3 Å². The minimum atomic E-state index is -0.175. The molecule has 2 aromatic carbocycles. The molecule has 0 radical (unpaired) electrons. The number of aromatic amines is 1. The summed E-state index contributed by atoms with van der Waals surface area (Å²) in [7, 11) is 3.29. The molecule has 0 atom stereocenters. The molecule has 1 aliphatic rings. The van der Waals surface area contributed by atoms with Crippen molar-refractivity contribution >= 4 is 11.6 Å². The molecule has 3 aromatic rings. The lowest BCUT2D eigenvalue weighted by Gasteiger charge is -2.36. The molecule has 1 aromatic heterocycles. The van der Waals surface area contributed by atoms with E-state index in [2.05, 4.69) is 20.9 Å². The fourth-order valence-electron chi connectivity index (χ4n) is 3.57. The predicted octanol–water partition coefficient (Wildman–Crippen LogP) is 2.78. The summed E-state index contributed by atoms with van der Waals surface area (Å²) in [6, 6.07) is 17.2. The number of anilines is 2. The van der Waals surface area contributed by atoms with Gasteiger partial charge >= 0.3 is 0 Å². The zero-order chi connectivity index (χ0) is 20.2. The number of hydrogen-bond acceptors (Lipinski definition) is 6. The molecule has 1 N–H and O–H groups in total. The summed E-state index contributed by atoms with van der Waals surface area (Å²) >= 11 is 0. The van der Waals surface area contributed by atoms with Crippen LogP contribution in [0.2, 0.25) is 0 Å². The maximum atomic E-state index is 12.3. The maximum Gasteiger partial charge on any atom is 0.252 e. The molecular formula is C22H24N4O3. The molecule has 0 aliphatic carbocycles. The number of piperazine rings is 1. The summed E-state index contributed by atoms with van der Waals surface area (Å²) in [5, 5.41) is 0. The summed E-state index contributed by atoms with van der Waals surface area (Å²) in [6.07, 6.45) is 0. The highest BCUT2D eigenvalue weighted by Gasteiger charge is 2.20. The van der Waals surface area contributed by atoms with E-state index in [0.29, 0.717) is 17.4 Å². The predicted molar refractivity (Wildman–Crippen MR) is 114 cm³/mol. The number of para-hydroxylation sites is 1. The van der Waals surface area contributed by atoms with Gasteiger partial charge in [-0.15, -0.1) is 0 Å². The molecule has 0 amide bonds. The SMILES string of the molecule is COc1cccc(N2CCN(c3nc(-c4ccccc4OC)cc(=O)[nH]3)CC2)c1. The fraction of sp³-hybridized carbons (Fsp3) is 0.273. The van der Waals surface area contributed by atoms with Crippen LogP contribution in [0.3, 0.4) is 0 Å². The number of ether oxygens (including phenoxy) is 2. The fourth-order valence-corrected chi connectivity index (χ4v) is 3.57. The van der Waals surface area contributed by atoms with Crippen molar-refractivity contribution in [2.45, 2.75) is 0 Å². The van der Waals surface area contributed by atoms with Gasteiger partial charge < -0.3 is 19.3 Å². The van der Waals surface area contributed by atoms with Crippen molar-refractivity contribution in [3.63, 3.8) is 0 Å². The lowest BCUT2D eigenvalue weighted by Crippen LogP contribution is -2.47. The Morgan fingerprint density at radius 2 is 1.66 bits per heavy atom. The van der Waals surface area contributed by atoms with Crippen LogP contribution in [-0.4, -0.2) is 50.4 Å². The maximum absolute atomic E-state index is 12.3. The number of methoxy groups -OCH3 is 2. The number of nitrogens with zero attached hydrogens (tertiary/aromatic N) is 3. The van der Waals surface area contributed by atoms with Crippen LogP contribution >= 0.6 is 0 Å². The zero-order valence-electron chi connectivity index (χ0n) is 16.6. The highest BCUT2D eigenvalue weighted by Crippen LogP contribution is 2.28. The quantitative estimate of drug-likeness (QED) is 0.720. The van der Waals surface area contributed by atoms with Crippen LogP contribution in [-0.2, 0) is 0 Å². The lowest BCUT2D eigenvalue weighted by atomic mass is 10.1. The molecule has 7 heteroatoms. The molecule has 1 saturated heterocycles. The molecule has 2 heterocycles. The minimum Gasteiger partial charge on any atom is -0.497 e. The number of hydrogen-bond donors (Lipinski definition) is 1. The molecule has 150 valence electrons. The molecule has 0 saturated carbocycles. The minimum absolute atomic E-state index is 0.175. The van der Waals surface area contributed by atoms with Gasteiger partial charge in [-0.25, -0.2) is 4.98 Å². The Morgan fingerprint density at radius 1 is 0.897 bits per heavy atom. The average Bonchev–Trinajstić information content (AvgIpc) is 2.78. The Morgan fingerprint density at radius 3 is 2.41 bits per heavy atom. The Kier molecular flexibility index (Phi) is 5.37. The summed E-state index contributed by atoms with van der Waals surface area (Å²) < 4.78 is 10.8. The van der Waals surface area contributed by atoms with Gasteiger partial charge in [-0.3, -0.25) is 9.78 Å². The first-order valence-electron chi connectivity index (χ1n) is 9.56. The van der Waals surface area contributed by atoms with E-state index in [0.717, 1.165) is 43.2 Å². The van der Waals surface area contributed by atoms with E-state index in [4.69, 9.17) is 14.5 Å². The van der Waals surface area contributed by atoms with Crippen LogP contribution in [0.4, 0.5) is 11.6 Å². The van der Waals surface area contributed by atoms with Crippen LogP contribution < -0.4 is 24.8 Å². The van der Waals surface area contributed by atoms with Crippen molar-refractivity contribution in [2.24, 2.45) is 0 Å². The molecule has 1 aliphatic heterocycles. The Bertz CT molecular complexity index is 1040. The smallest absolute Gasteiger partial charge is 0.252 e. The molecule has 1 fully saturated rings. The van der Waals surface area contributed by atoms with Gasteiger partial charge in [0.2, 0.25) is 5.95 Å². The van der Waals surface area contributed by atoms with E-state index in [1.54, 1.807) is 14.2 Å². The van der Waals surface area contributed by atoms with Crippen LogP contribution in [0, 0.1) is 0 Å². The molecule has 0 bridgehead atoms. The normalized spacial score (nSPS) is 14.0. The highest BCUT2D eigenvalue weighted by molar-refractivity contribution is 5.67. The van der Waals surface area contributed by atoms with E-state index in [-0.39, 0.29) is 5.56 Å². The second-order valence-corrected chi connectivity index (χ2v) is 6.83. The van der Waals surface area contributed by atoms with Crippen molar-refractivity contribution in [1.82, 2.24) is 9.97 Å². The molecule has 4 rings (SSSR count). The summed E-state index contributed by atoms with van der Waals surface area (Å²) in [6.45, 7) is 3.18. The van der Waals surface area contributed by atoms with E-state index < -0.39 is 0 Å². The average molecular weight is 392 g/mol. The van der Waals surface area contributed by atoms with Crippen molar-refractivity contribution in [3.8, 4) is 22.8 Å². The first kappa shape index (κ1) is 18.9. The number of rotatable bonds is 5. The van der Waals surface area contributed by atoms with Gasteiger partial charge in [0.1, 0.15) is 11.5 Å². The van der Waals surface area contributed by atoms with Crippen molar-refractivity contribution in [2.75, 3.05) is 50.2 Å². The van der Waals surface area contributed by atoms with Crippen LogP contribution in [0.15, 0.2) is 59.4 Å². The van der Waals surface area contributed by atoms with Gasteiger partial charge in [-0.05, 0) is 24.3 Å². The van der Waals surface area contributed by atoms with Crippen molar-refractivity contribution in [1.29, 1.82) is 0 Å². The van der Waals surface area contributed by atoms with Gasteiger partial charge in [0.15, 0.2) is 0 Å². The largest absolute Gasteiger partial charge is 0.497 e. The number of nitrogens with one attached hydrogen (secondary N) is 1. The monoisotopic (exact) mass is 392 g/mol. The number of aromatic nitrogens is 2. The zero-order valence-corrected chi connectivity index (χ0v) is 16.6. The number of H-pyrrole nitrogens is 1. The molecule has 0 unspecified atom stereocenters. The van der Waals surface area contributed by atoms with E-state index >= 15 is 0 Å². The molecule has 7 nitrogen and oxygen atoms in total. The molecule has 0 spiro atoms. The highest BCUT2D eigenvalue weighted by atomic mass is 16.5. The Hall–Kier alpha value is -3.48. The standard InChI is InChI=1S/C22H24N4O3/c1-28-17-7-5-6-16(14-17)25-10-12-26(13-11-25)22-23-19(15-21(27)24-22)18-8-3-4-9-20(18)29-2/h3-9,14-15H,10-13H2,1-2H3,(H,23,24,27). The molecule has 29 heavy (non-hydrogen) atoms. The first-order valence-corrected chi connectivity index (χ1v) is 9.56. The second-order valence-electron chi connectivity index (χ2n) is 6.83. The summed E-state index contributed by atoms with van der Waals surface area (Å²) in [5.74, 6) is 2.13. The van der Waals surface area contributed by atoms with Gasteiger partial charge in [0.25, 0.3) is 5.56 Å². The van der Waals surface area contributed by atoms with Crippen molar-refractivity contribution in [3.05, 3.63) is 65.0 Å². The van der Waals surface area contributed by atoms with E-state index in [1.807, 2.05) is 42.5 Å². The van der Waals surface area contributed by atoms with Gasteiger partial charge in [0.05, 0.1) is 19.9 Å². The van der Waals surface area contributed by atoms with Crippen LogP contribution in [0.5, 0.6) is 11.5 Å². The topological polar surface area (TPSA) is 70.7 Å². The third kappa shape index (κ3) is 4.03. The third-order valence-corrected chi connectivity index (χ3v) is 5.11. The summed E-state index contributed by atoms with van der Waals surface area (Å²) in [4.78, 5) is 24.3. The second kappa shape index (κ2) is 8.26. The van der Waals surface area contributed by atoms with E-state index in [9.17, 15) is 4.79 Å². The van der Waals surface area contributed by atoms with E-state index in [1.165, 1.54) is 6.07 Å². The Balaban J connectivity index is 1.54. The van der Waals surface area contributed by atoms with Crippen molar-refractivity contribution < 1.29 is 9.47 Å². The molecular weight excluding hydrogens is 368 g/mol. The van der Waals surface area contributed by atoms with Gasteiger partial charge in [-0.2, -0.15) is 0 Å². The van der Waals surface area contributed by atoms with Gasteiger partial charge in [-0.1, -0.05) is 18.2 Å². The number of benzene rings is 2. The van der Waals surface area contributed by atoms with Gasteiger partial charge in [0, 0.05) is 49.6 Å². The van der Waals surface area contributed by atoms with Crippen LogP contribution in [0.1, 0.15) is 0 Å². The Labute approximate surface area is 169 Å². The summed E-state index contributed by atoms with van der Waals surface area (Å²) in [5.41, 5.74) is 2.37. The first-order chi connectivity index (χ1) is 14.2. The lowest BCUT2D eigenvalue weighted by molar-refractivity contribution is 0.414.